The Morgan fingerprint density at radius 1 is 0.647 bits per heavy atom. The first-order valence-corrected chi connectivity index (χ1v) is 6.94. The van der Waals surface area contributed by atoms with Gasteiger partial charge < -0.3 is 27.0 Å². The molecular formula is C12H31N5. The SMILES string of the molecule is CCNCCNCCCNCCNCCCN. The fraction of sp³-hybridized carbons (Fsp3) is 1.00. The van der Waals surface area contributed by atoms with E-state index >= 15 is 0 Å². The molecule has 0 aliphatic carbocycles. The molecule has 0 atom stereocenters. The van der Waals surface area contributed by atoms with E-state index in [9.17, 15) is 0 Å². The van der Waals surface area contributed by atoms with Crippen LogP contribution in [-0.4, -0.2) is 58.9 Å². The molecule has 0 radical (unpaired) electrons. The quantitative estimate of drug-likeness (QED) is 0.257. The zero-order chi connectivity index (χ0) is 12.6. The predicted octanol–water partition coefficient (Wildman–Crippen LogP) is -0.896. The van der Waals surface area contributed by atoms with E-state index in [1.54, 1.807) is 0 Å². The van der Waals surface area contributed by atoms with E-state index in [1.807, 2.05) is 0 Å². The van der Waals surface area contributed by atoms with E-state index in [1.165, 1.54) is 6.42 Å². The van der Waals surface area contributed by atoms with E-state index in [-0.39, 0.29) is 0 Å². The van der Waals surface area contributed by atoms with Crippen molar-refractivity contribution in [1.29, 1.82) is 0 Å². The molecule has 0 spiro atoms. The molecule has 0 aromatic rings. The molecule has 0 aromatic heterocycles. The van der Waals surface area contributed by atoms with Crippen LogP contribution < -0.4 is 27.0 Å². The monoisotopic (exact) mass is 245 g/mol. The minimum atomic E-state index is 0.777. The molecule has 0 unspecified atom stereocenters. The molecule has 0 heterocycles. The smallest absolute Gasteiger partial charge is 0.00767 e. The van der Waals surface area contributed by atoms with Crippen molar-refractivity contribution in [2.75, 3.05) is 58.9 Å². The van der Waals surface area contributed by atoms with Crippen molar-refractivity contribution in [2.24, 2.45) is 5.73 Å². The van der Waals surface area contributed by atoms with Gasteiger partial charge in [-0.1, -0.05) is 6.92 Å². The minimum Gasteiger partial charge on any atom is -0.330 e. The van der Waals surface area contributed by atoms with Crippen LogP contribution in [0.15, 0.2) is 0 Å². The maximum atomic E-state index is 5.40. The van der Waals surface area contributed by atoms with Gasteiger partial charge in [-0.3, -0.25) is 0 Å². The van der Waals surface area contributed by atoms with Crippen LogP contribution in [0.4, 0.5) is 0 Å². The van der Waals surface area contributed by atoms with Gasteiger partial charge in [0.1, 0.15) is 0 Å². The van der Waals surface area contributed by atoms with Crippen molar-refractivity contribution < 1.29 is 0 Å². The minimum absolute atomic E-state index is 0.777. The lowest BCUT2D eigenvalue weighted by Crippen LogP contribution is -2.31. The van der Waals surface area contributed by atoms with Crippen molar-refractivity contribution in [3.05, 3.63) is 0 Å². The van der Waals surface area contributed by atoms with E-state index < -0.39 is 0 Å². The van der Waals surface area contributed by atoms with Crippen LogP contribution in [0.3, 0.4) is 0 Å². The summed E-state index contributed by atoms with van der Waals surface area (Å²) < 4.78 is 0. The third-order valence-corrected chi connectivity index (χ3v) is 2.47. The predicted molar refractivity (Wildman–Crippen MR) is 75.4 cm³/mol. The summed E-state index contributed by atoms with van der Waals surface area (Å²) in [5, 5.41) is 13.5. The summed E-state index contributed by atoms with van der Waals surface area (Å²) in [6.07, 6.45) is 2.25. The third kappa shape index (κ3) is 15.8. The Balaban J connectivity index is 2.85. The second-order valence-corrected chi connectivity index (χ2v) is 4.10. The van der Waals surface area contributed by atoms with Crippen LogP contribution in [0.2, 0.25) is 0 Å². The second-order valence-electron chi connectivity index (χ2n) is 4.10. The van der Waals surface area contributed by atoms with Crippen LogP contribution in [0.25, 0.3) is 0 Å². The lowest BCUT2D eigenvalue weighted by atomic mass is 10.4. The van der Waals surface area contributed by atoms with Gasteiger partial charge in [0.25, 0.3) is 0 Å². The van der Waals surface area contributed by atoms with Crippen LogP contribution >= 0.6 is 0 Å². The number of hydrogen-bond donors (Lipinski definition) is 5. The first-order chi connectivity index (χ1) is 8.41. The molecular weight excluding hydrogens is 214 g/mol. The van der Waals surface area contributed by atoms with Crippen LogP contribution in [0.1, 0.15) is 19.8 Å². The standard InChI is InChI=1S/C12H31N5/c1-2-14-9-10-16-7-4-8-17-12-11-15-6-3-5-13/h14-17H,2-13H2,1H3. The summed E-state index contributed by atoms with van der Waals surface area (Å²) in [6.45, 7) is 11.4. The normalized spacial score (nSPS) is 10.9. The highest BCUT2D eigenvalue weighted by Gasteiger charge is 1.89. The van der Waals surface area contributed by atoms with Gasteiger partial charge in [0, 0.05) is 26.2 Å². The molecule has 5 heteroatoms. The van der Waals surface area contributed by atoms with Gasteiger partial charge in [-0.25, -0.2) is 0 Å². The molecule has 5 nitrogen and oxygen atoms in total. The molecule has 0 fully saturated rings. The van der Waals surface area contributed by atoms with Crippen molar-refractivity contribution >= 4 is 0 Å². The molecule has 6 N–H and O–H groups in total. The Morgan fingerprint density at radius 3 is 1.59 bits per heavy atom. The van der Waals surface area contributed by atoms with Crippen LogP contribution in [0, 0.1) is 0 Å². The van der Waals surface area contributed by atoms with Crippen molar-refractivity contribution in [3.63, 3.8) is 0 Å². The maximum Gasteiger partial charge on any atom is 0.00767 e. The van der Waals surface area contributed by atoms with E-state index in [0.29, 0.717) is 0 Å². The van der Waals surface area contributed by atoms with Crippen molar-refractivity contribution in [2.45, 2.75) is 19.8 Å². The zero-order valence-corrected chi connectivity index (χ0v) is 11.4. The summed E-state index contributed by atoms with van der Waals surface area (Å²) in [4.78, 5) is 0. The summed E-state index contributed by atoms with van der Waals surface area (Å²) in [7, 11) is 0. The first kappa shape index (κ1) is 16.8. The summed E-state index contributed by atoms with van der Waals surface area (Å²) in [6, 6.07) is 0. The summed E-state index contributed by atoms with van der Waals surface area (Å²) in [5.41, 5.74) is 5.40. The van der Waals surface area contributed by atoms with Crippen LogP contribution in [-0.2, 0) is 0 Å². The Morgan fingerprint density at radius 2 is 1.12 bits per heavy atom. The molecule has 0 aliphatic heterocycles. The molecule has 104 valence electrons. The first-order valence-electron chi connectivity index (χ1n) is 6.94. The highest BCUT2D eigenvalue weighted by Crippen LogP contribution is 1.73. The number of nitrogens with two attached hydrogens (primary N) is 1. The van der Waals surface area contributed by atoms with E-state index in [2.05, 4.69) is 28.2 Å². The Hall–Kier alpha value is -0.200. The Bertz CT molecular complexity index is 118. The number of rotatable bonds is 14. The van der Waals surface area contributed by atoms with Gasteiger partial charge in [-0.15, -0.1) is 0 Å². The second kappa shape index (κ2) is 15.8. The summed E-state index contributed by atoms with van der Waals surface area (Å²) in [5.74, 6) is 0. The molecule has 0 amide bonds. The lowest BCUT2D eigenvalue weighted by Gasteiger charge is -2.07. The number of hydrogen-bond acceptors (Lipinski definition) is 5. The van der Waals surface area contributed by atoms with Crippen LogP contribution in [0.5, 0.6) is 0 Å². The molecule has 0 bridgehead atoms. The average Bonchev–Trinajstić information content (AvgIpc) is 2.35. The zero-order valence-electron chi connectivity index (χ0n) is 11.4. The fourth-order valence-electron chi connectivity index (χ4n) is 1.47. The van der Waals surface area contributed by atoms with Crippen molar-refractivity contribution in [1.82, 2.24) is 21.3 Å². The van der Waals surface area contributed by atoms with Gasteiger partial charge in [0.2, 0.25) is 0 Å². The van der Waals surface area contributed by atoms with Gasteiger partial charge in [0.05, 0.1) is 0 Å². The van der Waals surface area contributed by atoms with Gasteiger partial charge >= 0.3 is 0 Å². The highest BCUT2D eigenvalue weighted by atomic mass is 15.0. The average molecular weight is 245 g/mol. The highest BCUT2D eigenvalue weighted by molar-refractivity contribution is 4.55. The van der Waals surface area contributed by atoms with E-state index in [4.69, 9.17) is 5.73 Å². The Kier molecular flexibility index (Phi) is 15.6. The summed E-state index contributed by atoms with van der Waals surface area (Å²) >= 11 is 0. The number of likely N-dealkylation sites (N-methyl/N-ethyl adjacent to an activating group) is 1. The Labute approximate surface area is 106 Å². The largest absolute Gasteiger partial charge is 0.330 e. The number of nitrogens with one attached hydrogen (secondary N) is 4. The van der Waals surface area contributed by atoms with Crippen molar-refractivity contribution in [3.8, 4) is 0 Å². The van der Waals surface area contributed by atoms with E-state index in [0.717, 1.165) is 65.3 Å². The third-order valence-electron chi connectivity index (χ3n) is 2.47. The van der Waals surface area contributed by atoms with Gasteiger partial charge in [0.15, 0.2) is 0 Å². The lowest BCUT2D eigenvalue weighted by molar-refractivity contribution is 0.560. The molecule has 0 saturated carbocycles. The molecule has 0 aliphatic rings. The topological polar surface area (TPSA) is 74.1 Å². The maximum absolute atomic E-state index is 5.40. The fourth-order valence-corrected chi connectivity index (χ4v) is 1.47. The molecule has 0 aromatic carbocycles. The molecule has 17 heavy (non-hydrogen) atoms. The molecule has 0 rings (SSSR count). The molecule has 0 saturated heterocycles. The van der Waals surface area contributed by atoms with Gasteiger partial charge in [-0.05, 0) is 45.6 Å². The van der Waals surface area contributed by atoms with Gasteiger partial charge in [-0.2, -0.15) is 0 Å².